The molecule has 0 aliphatic carbocycles. The molecule has 3 aliphatic rings. The highest BCUT2D eigenvalue weighted by molar-refractivity contribution is 6.09. The minimum absolute atomic E-state index is 0.132. The molecule has 2 aromatic rings. The van der Waals surface area contributed by atoms with Gasteiger partial charge >= 0.3 is 6.18 Å². The first-order chi connectivity index (χ1) is 15.6. The molecular weight excluding hydrogens is 439 g/mol. The fraction of sp³-hybridized carbons (Fsp3) is 0.304. The molecule has 0 saturated carbocycles. The minimum atomic E-state index is -4.45. The molecule has 0 bridgehead atoms. The number of anilines is 1. The summed E-state index contributed by atoms with van der Waals surface area (Å²) in [4.78, 5) is 52.4. The fourth-order valence-electron chi connectivity index (χ4n) is 4.65. The van der Waals surface area contributed by atoms with Crippen molar-refractivity contribution in [1.82, 2.24) is 10.2 Å². The van der Waals surface area contributed by atoms with Gasteiger partial charge in [-0.05, 0) is 60.4 Å². The second-order valence-electron chi connectivity index (χ2n) is 8.32. The summed E-state index contributed by atoms with van der Waals surface area (Å²) in [6, 6.07) is 7.21. The predicted molar refractivity (Wildman–Crippen MR) is 109 cm³/mol. The Balaban J connectivity index is 1.38. The molecule has 0 radical (unpaired) electrons. The van der Waals surface area contributed by atoms with E-state index in [0.29, 0.717) is 34.4 Å². The Bertz CT molecular complexity index is 1220. The Morgan fingerprint density at radius 3 is 2.52 bits per heavy atom. The van der Waals surface area contributed by atoms with E-state index in [1.807, 2.05) is 0 Å². The van der Waals surface area contributed by atoms with Gasteiger partial charge in [-0.15, -0.1) is 0 Å². The molecule has 3 heterocycles. The highest BCUT2D eigenvalue weighted by atomic mass is 19.4. The van der Waals surface area contributed by atoms with Crippen molar-refractivity contribution >= 4 is 29.3 Å². The molecule has 2 aromatic carbocycles. The molecule has 1 fully saturated rings. The highest BCUT2D eigenvalue weighted by Gasteiger charge is 2.39. The third-order valence-corrected chi connectivity index (χ3v) is 6.32. The lowest BCUT2D eigenvalue weighted by Crippen LogP contribution is -2.52. The van der Waals surface area contributed by atoms with Crippen LogP contribution in [0.25, 0.3) is 0 Å². The van der Waals surface area contributed by atoms with Gasteiger partial charge in [-0.25, -0.2) is 0 Å². The van der Waals surface area contributed by atoms with Crippen molar-refractivity contribution in [3.63, 3.8) is 0 Å². The number of rotatable bonds is 2. The van der Waals surface area contributed by atoms with Crippen molar-refractivity contribution in [2.45, 2.75) is 38.0 Å². The molecule has 170 valence electrons. The van der Waals surface area contributed by atoms with E-state index in [0.717, 1.165) is 12.1 Å². The molecule has 0 spiro atoms. The van der Waals surface area contributed by atoms with Crippen LogP contribution in [0.4, 0.5) is 18.9 Å². The molecule has 10 heteroatoms. The molecule has 1 N–H and O–H groups in total. The molecule has 0 aromatic heterocycles. The number of piperidine rings is 1. The molecule has 1 atom stereocenters. The van der Waals surface area contributed by atoms with Crippen LogP contribution < -0.4 is 10.2 Å². The molecule has 1 saturated heterocycles. The fourth-order valence-corrected chi connectivity index (χ4v) is 4.65. The number of hydrogen-bond acceptors (Lipinski definition) is 4. The van der Waals surface area contributed by atoms with Crippen molar-refractivity contribution in [2.75, 3.05) is 11.4 Å². The Morgan fingerprint density at radius 2 is 1.79 bits per heavy atom. The first-order valence-corrected chi connectivity index (χ1v) is 10.4. The second kappa shape index (κ2) is 7.43. The van der Waals surface area contributed by atoms with Gasteiger partial charge < -0.3 is 9.80 Å². The highest BCUT2D eigenvalue weighted by Crippen LogP contribution is 2.36. The zero-order valence-electron chi connectivity index (χ0n) is 17.2. The van der Waals surface area contributed by atoms with Crippen LogP contribution in [0.15, 0.2) is 36.4 Å². The number of benzene rings is 2. The lowest BCUT2D eigenvalue weighted by atomic mass is 10.0. The molecule has 5 rings (SSSR count). The van der Waals surface area contributed by atoms with Crippen molar-refractivity contribution < 1.29 is 32.3 Å². The van der Waals surface area contributed by atoms with Gasteiger partial charge in [0.1, 0.15) is 6.04 Å². The van der Waals surface area contributed by atoms with E-state index >= 15 is 0 Å². The number of halogens is 3. The summed E-state index contributed by atoms with van der Waals surface area (Å²) in [5.41, 5.74) is 1.42. The maximum Gasteiger partial charge on any atom is 0.416 e. The van der Waals surface area contributed by atoms with Crippen LogP contribution in [0.3, 0.4) is 0 Å². The number of carbonyl (C=O) groups excluding carboxylic acids is 4. The second-order valence-corrected chi connectivity index (χ2v) is 8.32. The zero-order chi connectivity index (χ0) is 23.5. The van der Waals surface area contributed by atoms with Crippen molar-refractivity contribution in [3.8, 4) is 0 Å². The minimum Gasteiger partial charge on any atom is -0.322 e. The standard InChI is InChI=1S/C23H18F3N3O4/c24-23(25,26)15-2-4-17-12(10-15)7-8-28(17)21(32)13-1-3-16-14(9-13)11-29(22(16)33)18-5-6-19(30)27-20(18)31/h1-4,9-10,18H,5-8,11H2,(H,27,30,31). The summed E-state index contributed by atoms with van der Waals surface area (Å²) in [5.74, 6) is -1.61. The van der Waals surface area contributed by atoms with E-state index in [2.05, 4.69) is 5.32 Å². The first-order valence-electron chi connectivity index (χ1n) is 10.4. The van der Waals surface area contributed by atoms with Crippen LogP contribution in [-0.2, 0) is 28.7 Å². The van der Waals surface area contributed by atoms with E-state index in [4.69, 9.17) is 0 Å². The lowest BCUT2D eigenvalue weighted by molar-refractivity contribution is -0.138. The van der Waals surface area contributed by atoms with Crippen molar-refractivity contribution in [3.05, 3.63) is 64.2 Å². The van der Waals surface area contributed by atoms with Crippen molar-refractivity contribution in [2.24, 2.45) is 0 Å². The largest absolute Gasteiger partial charge is 0.416 e. The Labute approximate surface area is 186 Å². The number of amides is 4. The van der Waals surface area contributed by atoms with Crippen LogP contribution in [0.2, 0.25) is 0 Å². The average molecular weight is 457 g/mol. The van der Waals surface area contributed by atoms with E-state index < -0.39 is 23.7 Å². The quantitative estimate of drug-likeness (QED) is 0.703. The third kappa shape index (κ3) is 3.55. The van der Waals surface area contributed by atoms with Crippen LogP contribution >= 0.6 is 0 Å². The van der Waals surface area contributed by atoms with Gasteiger partial charge in [-0.2, -0.15) is 13.2 Å². The summed E-state index contributed by atoms with van der Waals surface area (Å²) >= 11 is 0. The number of fused-ring (bicyclic) bond motifs is 2. The number of nitrogens with zero attached hydrogens (tertiary/aromatic N) is 2. The summed E-state index contributed by atoms with van der Waals surface area (Å²) in [6.45, 7) is 0.390. The molecule has 3 aliphatic heterocycles. The maximum atomic E-state index is 13.1. The number of carbonyl (C=O) groups is 4. The smallest absolute Gasteiger partial charge is 0.322 e. The predicted octanol–water partition coefficient (Wildman–Crippen LogP) is 2.67. The summed E-state index contributed by atoms with van der Waals surface area (Å²) in [5, 5.41) is 2.24. The van der Waals surface area contributed by atoms with Gasteiger partial charge in [0, 0.05) is 36.3 Å². The lowest BCUT2D eigenvalue weighted by Gasteiger charge is -2.29. The van der Waals surface area contributed by atoms with Crippen LogP contribution in [-0.4, -0.2) is 41.1 Å². The van der Waals surface area contributed by atoms with Gasteiger partial charge in [0.15, 0.2) is 0 Å². The monoisotopic (exact) mass is 457 g/mol. The van der Waals surface area contributed by atoms with Gasteiger partial charge in [0.2, 0.25) is 11.8 Å². The SMILES string of the molecule is O=C1CCC(N2Cc3cc(C(=O)N4CCc5cc(C(F)(F)F)ccc54)ccc3C2=O)C(=O)N1. The van der Waals surface area contributed by atoms with Crippen molar-refractivity contribution in [1.29, 1.82) is 0 Å². The molecular formula is C23H18F3N3O4. The summed E-state index contributed by atoms with van der Waals surface area (Å²) in [6.07, 6.45) is -3.75. The van der Waals surface area contributed by atoms with E-state index in [1.54, 1.807) is 6.07 Å². The van der Waals surface area contributed by atoms with Crippen LogP contribution in [0.5, 0.6) is 0 Å². The molecule has 4 amide bonds. The van der Waals surface area contributed by atoms with Gasteiger partial charge in [-0.1, -0.05) is 0 Å². The molecule has 33 heavy (non-hydrogen) atoms. The van der Waals surface area contributed by atoms with E-state index in [9.17, 15) is 32.3 Å². The Hall–Kier alpha value is -3.69. The number of hydrogen-bond donors (Lipinski definition) is 1. The maximum absolute atomic E-state index is 13.1. The molecule has 7 nitrogen and oxygen atoms in total. The average Bonchev–Trinajstić information content (AvgIpc) is 3.33. The third-order valence-electron chi connectivity index (χ3n) is 6.32. The van der Waals surface area contributed by atoms with E-state index in [-0.39, 0.29) is 43.7 Å². The van der Waals surface area contributed by atoms with Gasteiger partial charge in [0.25, 0.3) is 11.8 Å². The summed E-state index contributed by atoms with van der Waals surface area (Å²) in [7, 11) is 0. The topological polar surface area (TPSA) is 86.8 Å². The van der Waals surface area contributed by atoms with Crippen LogP contribution in [0.1, 0.15) is 50.2 Å². The number of imide groups is 1. The van der Waals surface area contributed by atoms with Gasteiger partial charge in [-0.3, -0.25) is 24.5 Å². The normalized spacial score (nSPS) is 20.1. The number of alkyl halides is 3. The zero-order valence-corrected chi connectivity index (χ0v) is 17.2. The summed E-state index contributed by atoms with van der Waals surface area (Å²) < 4.78 is 39.0. The van der Waals surface area contributed by atoms with E-state index in [1.165, 1.54) is 28.0 Å². The van der Waals surface area contributed by atoms with Crippen LogP contribution in [0, 0.1) is 0 Å². The Morgan fingerprint density at radius 1 is 1.00 bits per heavy atom. The van der Waals surface area contributed by atoms with Gasteiger partial charge in [0.05, 0.1) is 5.56 Å². The molecule has 1 unspecified atom stereocenters. The Kier molecular flexibility index (Phi) is 4.77. The first kappa shape index (κ1) is 21.2. The number of nitrogens with one attached hydrogen (secondary N) is 1.